The molecule has 4 N–H and O–H groups in total. The summed E-state index contributed by atoms with van der Waals surface area (Å²) in [7, 11) is 0. The van der Waals surface area contributed by atoms with Crippen LogP contribution in [0.3, 0.4) is 0 Å². The van der Waals surface area contributed by atoms with E-state index in [4.69, 9.17) is 9.72 Å². The van der Waals surface area contributed by atoms with Crippen LogP contribution in [-0.4, -0.2) is 58.6 Å². The van der Waals surface area contributed by atoms with Gasteiger partial charge in [-0.05, 0) is 36.4 Å². The summed E-state index contributed by atoms with van der Waals surface area (Å²) >= 11 is 0. The molecule has 5 rings (SSSR count). The first kappa shape index (κ1) is 24.1. The third-order valence-corrected chi connectivity index (χ3v) is 5.71. The number of hydrogen-bond donors (Lipinski definition) is 4. The molecule has 0 saturated carbocycles. The van der Waals surface area contributed by atoms with Crippen LogP contribution in [0.4, 0.5) is 11.4 Å². The molecule has 1 aliphatic heterocycles. The van der Waals surface area contributed by atoms with Gasteiger partial charge in [-0.15, -0.1) is 0 Å². The Hall–Kier alpha value is -4.58. The molecular weight excluding hydrogens is 474 g/mol. The maximum atomic E-state index is 12.9. The number of carbonyl (C=O) groups excluding carboxylic acids is 1. The Bertz CT molecular complexity index is 1430. The number of nitrogens with zero attached hydrogens (tertiary/aromatic N) is 5. The molecule has 11 heteroatoms. The van der Waals surface area contributed by atoms with Crippen molar-refractivity contribution in [2.75, 3.05) is 36.5 Å². The highest BCUT2D eigenvalue weighted by atomic mass is 16.6. The molecule has 0 atom stereocenters. The topological polar surface area (TPSA) is 135 Å². The minimum absolute atomic E-state index is 0.0627. The lowest BCUT2D eigenvalue weighted by molar-refractivity contribution is 0.0921. The lowest BCUT2D eigenvalue weighted by Gasteiger charge is -2.32. The Labute approximate surface area is 212 Å². The number of hydrazine groups is 1. The maximum Gasteiger partial charge on any atom is 0.253 e. The standard InChI is InChI=1S/C26H25N7O4/c34-25(20-5-3-4-19-8-9-21(30-24(19)20)18-10-12-27-13-11-18)28-14-16-37-17-15-29-26-31-33(36)23-7-2-1-6-22(23)32(26)35/h1-13,35-36H,14-17H2,(H,28,34)(H,29,31). The summed E-state index contributed by atoms with van der Waals surface area (Å²) in [5.74, 6) is -0.175. The number of nitrogens with one attached hydrogen (secondary N) is 2. The van der Waals surface area contributed by atoms with E-state index in [9.17, 15) is 15.2 Å². The van der Waals surface area contributed by atoms with E-state index in [0.29, 0.717) is 29.0 Å². The van der Waals surface area contributed by atoms with Gasteiger partial charge in [0.15, 0.2) is 0 Å². The summed E-state index contributed by atoms with van der Waals surface area (Å²) in [4.78, 5) is 25.8. The first-order valence-corrected chi connectivity index (χ1v) is 11.7. The molecule has 0 fully saturated rings. The minimum Gasteiger partial charge on any atom is -0.378 e. The van der Waals surface area contributed by atoms with Gasteiger partial charge < -0.3 is 10.1 Å². The molecule has 0 aliphatic carbocycles. The zero-order valence-corrected chi connectivity index (χ0v) is 19.8. The van der Waals surface area contributed by atoms with Gasteiger partial charge in [0.1, 0.15) is 11.4 Å². The first-order chi connectivity index (χ1) is 18.1. The van der Waals surface area contributed by atoms with Crippen molar-refractivity contribution >= 4 is 34.1 Å². The van der Waals surface area contributed by atoms with E-state index in [1.165, 1.54) is 0 Å². The average Bonchev–Trinajstić information content (AvgIpc) is 2.94. The van der Waals surface area contributed by atoms with Gasteiger partial charge in [-0.1, -0.05) is 30.3 Å². The molecule has 11 nitrogen and oxygen atoms in total. The molecule has 4 aromatic rings. The Morgan fingerprint density at radius 1 is 0.973 bits per heavy atom. The highest BCUT2D eigenvalue weighted by Gasteiger charge is 2.25. The number of rotatable bonds is 8. The molecule has 0 bridgehead atoms. The fourth-order valence-electron chi connectivity index (χ4n) is 3.90. The number of aliphatic imine (C=N–C) groups is 1. The molecule has 1 amide bonds. The zero-order valence-electron chi connectivity index (χ0n) is 19.8. The fourth-order valence-corrected chi connectivity index (χ4v) is 3.90. The van der Waals surface area contributed by atoms with Gasteiger partial charge >= 0.3 is 0 Å². The van der Waals surface area contributed by atoms with Crippen molar-refractivity contribution in [3.05, 3.63) is 84.7 Å². The Balaban J connectivity index is 1.13. The van der Waals surface area contributed by atoms with E-state index >= 15 is 0 Å². The van der Waals surface area contributed by atoms with Crippen LogP contribution in [-0.2, 0) is 4.74 Å². The lowest BCUT2D eigenvalue weighted by Crippen LogP contribution is -2.52. The summed E-state index contributed by atoms with van der Waals surface area (Å²) in [6.07, 6.45) is 3.41. The average molecular weight is 500 g/mol. The number of benzene rings is 2. The molecule has 0 unspecified atom stereocenters. The van der Waals surface area contributed by atoms with Crippen molar-refractivity contribution in [1.29, 1.82) is 0 Å². The molecule has 1 aliphatic rings. The first-order valence-electron chi connectivity index (χ1n) is 11.7. The number of para-hydroxylation sites is 3. The monoisotopic (exact) mass is 499 g/mol. The van der Waals surface area contributed by atoms with Crippen LogP contribution in [0.1, 0.15) is 10.4 Å². The SMILES string of the molecule is O=C(NCCOCCN=C1NN(O)c2ccccc2N1O)c1cccc2ccc(-c3ccncc3)nc12. The molecule has 0 radical (unpaired) electrons. The highest BCUT2D eigenvalue weighted by Crippen LogP contribution is 2.29. The molecule has 2 aromatic heterocycles. The predicted octanol–water partition coefficient (Wildman–Crippen LogP) is 3.01. The Morgan fingerprint density at radius 3 is 2.62 bits per heavy atom. The van der Waals surface area contributed by atoms with Crippen molar-refractivity contribution in [3.8, 4) is 11.3 Å². The van der Waals surface area contributed by atoms with Crippen LogP contribution >= 0.6 is 0 Å². The molecular formula is C26H25N7O4. The summed E-state index contributed by atoms with van der Waals surface area (Å²) in [5.41, 5.74) is 6.16. The second-order valence-corrected chi connectivity index (χ2v) is 8.11. The highest BCUT2D eigenvalue weighted by molar-refractivity contribution is 6.06. The second-order valence-electron chi connectivity index (χ2n) is 8.11. The van der Waals surface area contributed by atoms with E-state index in [2.05, 4.69) is 20.7 Å². The fraction of sp³-hybridized carbons (Fsp3) is 0.154. The van der Waals surface area contributed by atoms with Crippen LogP contribution in [0.5, 0.6) is 0 Å². The van der Waals surface area contributed by atoms with Crippen LogP contribution in [0.2, 0.25) is 0 Å². The molecule has 0 saturated heterocycles. The number of ether oxygens (including phenoxy) is 1. The number of hydroxylamine groups is 1. The van der Waals surface area contributed by atoms with Crippen molar-refractivity contribution in [1.82, 2.24) is 20.7 Å². The van der Waals surface area contributed by atoms with Crippen molar-refractivity contribution < 1.29 is 19.9 Å². The van der Waals surface area contributed by atoms with Gasteiger partial charge in [0.05, 0.1) is 36.5 Å². The number of carbonyl (C=O) groups is 1. The lowest BCUT2D eigenvalue weighted by atomic mass is 10.1. The van der Waals surface area contributed by atoms with Gasteiger partial charge in [0.25, 0.3) is 5.91 Å². The van der Waals surface area contributed by atoms with Gasteiger partial charge in [0, 0.05) is 29.9 Å². The quantitative estimate of drug-likeness (QED) is 0.270. The van der Waals surface area contributed by atoms with Crippen molar-refractivity contribution in [2.45, 2.75) is 0 Å². The Kier molecular flexibility index (Phi) is 7.17. The summed E-state index contributed by atoms with van der Waals surface area (Å²) < 4.78 is 5.56. The summed E-state index contributed by atoms with van der Waals surface area (Å²) in [5, 5.41) is 25.7. The third-order valence-electron chi connectivity index (χ3n) is 5.71. The molecule has 37 heavy (non-hydrogen) atoms. The maximum absolute atomic E-state index is 12.9. The van der Waals surface area contributed by atoms with Crippen molar-refractivity contribution in [2.24, 2.45) is 4.99 Å². The number of pyridine rings is 2. The molecule has 3 heterocycles. The van der Waals surface area contributed by atoms with E-state index in [-0.39, 0.29) is 31.6 Å². The number of fused-ring (bicyclic) bond motifs is 2. The molecule has 188 valence electrons. The summed E-state index contributed by atoms with van der Waals surface area (Å²) in [6.45, 7) is 1.07. The van der Waals surface area contributed by atoms with Crippen molar-refractivity contribution in [3.63, 3.8) is 0 Å². The minimum atomic E-state index is -0.238. The molecule has 0 spiro atoms. The predicted molar refractivity (Wildman–Crippen MR) is 139 cm³/mol. The van der Waals surface area contributed by atoms with E-state index in [1.54, 1.807) is 42.7 Å². The largest absolute Gasteiger partial charge is 0.378 e. The van der Waals surface area contributed by atoms with E-state index < -0.39 is 0 Å². The van der Waals surface area contributed by atoms with E-state index in [0.717, 1.165) is 26.9 Å². The number of guanidine groups is 1. The summed E-state index contributed by atoms with van der Waals surface area (Å²) in [6, 6.07) is 19.9. The number of anilines is 2. The van der Waals surface area contributed by atoms with Crippen LogP contribution in [0.15, 0.2) is 84.1 Å². The molecule has 2 aromatic carbocycles. The van der Waals surface area contributed by atoms with Gasteiger partial charge in [-0.25, -0.2) is 15.4 Å². The van der Waals surface area contributed by atoms with Crippen LogP contribution < -0.4 is 21.0 Å². The van der Waals surface area contributed by atoms with Crippen LogP contribution in [0.25, 0.3) is 22.2 Å². The number of aromatic nitrogens is 2. The number of hydrogen-bond acceptors (Lipinski definition) is 8. The van der Waals surface area contributed by atoms with Gasteiger partial charge in [-0.2, -0.15) is 10.2 Å². The van der Waals surface area contributed by atoms with Gasteiger partial charge in [0.2, 0.25) is 5.96 Å². The van der Waals surface area contributed by atoms with Crippen LogP contribution in [0, 0.1) is 0 Å². The number of amides is 1. The zero-order chi connectivity index (χ0) is 25.6. The second kappa shape index (κ2) is 11.0. The third kappa shape index (κ3) is 5.33. The Morgan fingerprint density at radius 2 is 1.78 bits per heavy atom. The normalized spacial score (nSPS) is 13.9. The van der Waals surface area contributed by atoms with E-state index in [1.807, 2.05) is 36.4 Å². The van der Waals surface area contributed by atoms with Gasteiger partial charge in [-0.3, -0.25) is 20.2 Å². The smallest absolute Gasteiger partial charge is 0.253 e.